The van der Waals surface area contributed by atoms with Crippen LogP contribution in [0.15, 0.2) is 12.1 Å². The Morgan fingerprint density at radius 2 is 1.41 bits per heavy atom. The highest BCUT2D eigenvalue weighted by atomic mass is 19.2. The van der Waals surface area contributed by atoms with Gasteiger partial charge >= 0.3 is 0 Å². The standard InChI is InChI=1S/C26H40F2O/c1-3-4-5-6-7-8-19-9-11-20(12-10-19)21-13-15-22(16-14-21)23-17-18-24(29-2)26(28)25(23)27/h17-22H,3-16H2,1-2H3. The van der Waals surface area contributed by atoms with Crippen LogP contribution in [0.4, 0.5) is 8.78 Å². The van der Waals surface area contributed by atoms with Crippen molar-refractivity contribution in [2.75, 3.05) is 7.11 Å². The van der Waals surface area contributed by atoms with Crippen LogP contribution in [0, 0.1) is 29.4 Å². The predicted molar refractivity (Wildman–Crippen MR) is 116 cm³/mol. The highest BCUT2D eigenvalue weighted by molar-refractivity contribution is 5.33. The van der Waals surface area contributed by atoms with E-state index in [1.165, 1.54) is 84.2 Å². The zero-order chi connectivity index (χ0) is 20.6. The average Bonchev–Trinajstić information content (AvgIpc) is 2.76. The maximum Gasteiger partial charge on any atom is 0.200 e. The minimum absolute atomic E-state index is 0.00191. The quantitative estimate of drug-likeness (QED) is 0.374. The van der Waals surface area contributed by atoms with Gasteiger partial charge in [0, 0.05) is 0 Å². The smallest absolute Gasteiger partial charge is 0.200 e. The second-order valence-electron chi connectivity index (χ2n) is 9.58. The van der Waals surface area contributed by atoms with E-state index >= 15 is 0 Å². The van der Waals surface area contributed by atoms with Gasteiger partial charge in [0.05, 0.1) is 7.11 Å². The van der Waals surface area contributed by atoms with Crippen molar-refractivity contribution in [1.82, 2.24) is 0 Å². The van der Waals surface area contributed by atoms with E-state index in [2.05, 4.69) is 6.92 Å². The summed E-state index contributed by atoms with van der Waals surface area (Å²) in [6.07, 6.45) is 18.3. The van der Waals surface area contributed by atoms with Gasteiger partial charge in [-0.25, -0.2) is 4.39 Å². The zero-order valence-corrected chi connectivity index (χ0v) is 18.5. The summed E-state index contributed by atoms with van der Waals surface area (Å²) in [6.45, 7) is 2.28. The predicted octanol–water partition coefficient (Wildman–Crippen LogP) is 8.41. The molecule has 0 aliphatic heterocycles. The first-order valence-electron chi connectivity index (χ1n) is 12.2. The molecule has 0 atom stereocenters. The normalized spacial score (nSPS) is 27.7. The first-order valence-corrected chi connectivity index (χ1v) is 12.2. The SMILES string of the molecule is CCCCCCCC1CCC(C2CCC(c3ccc(OC)c(F)c3F)CC2)CC1. The molecule has 0 heterocycles. The number of rotatable bonds is 9. The number of methoxy groups -OCH3 is 1. The molecular weight excluding hydrogens is 366 g/mol. The fourth-order valence-corrected chi connectivity index (χ4v) is 5.91. The second-order valence-corrected chi connectivity index (χ2v) is 9.58. The topological polar surface area (TPSA) is 9.23 Å². The molecule has 0 unspecified atom stereocenters. The Bertz CT molecular complexity index is 613. The molecule has 0 aromatic heterocycles. The molecule has 0 amide bonds. The Balaban J connectivity index is 1.41. The first-order chi connectivity index (χ1) is 14.1. The number of hydrogen-bond acceptors (Lipinski definition) is 1. The zero-order valence-electron chi connectivity index (χ0n) is 18.5. The molecule has 0 radical (unpaired) electrons. The Morgan fingerprint density at radius 3 is 2.03 bits per heavy atom. The van der Waals surface area contributed by atoms with Gasteiger partial charge in [-0.05, 0) is 73.8 Å². The third-order valence-electron chi connectivity index (χ3n) is 7.78. The number of hydrogen-bond donors (Lipinski definition) is 0. The molecule has 2 fully saturated rings. The summed E-state index contributed by atoms with van der Waals surface area (Å²) in [4.78, 5) is 0. The number of unbranched alkanes of at least 4 members (excludes halogenated alkanes) is 4. The Kier molecular flexibility index (Phi) is 8.81. The molecule has 164 valence electrons. The Labute approximate surface area is 176 Å². The van der Waals surface area contributed by atoms with Crippen molar-refractivity contribution < 1.29 is 13.5 Å². The maximum absolute atomic E-state index is 14.4. The minimum Gasteiger partial charge on any atom is -0.494 e. The lowest BCUT2D eigenvalue weighted by Crippen LogP contribution is -2.25. The monoisotopic (exact) mass is 406 g/mol. The summed E-state index contributed by atoms with van der Waals surface area (Å²) in [5, 5.41) is 0. The van der Waals surface area contributed by atoms with E-state index in [4.69, 9.17) is 4.74 Å². The van der Waals surface area contributed by atoms with Crippen LogP contribution in [0.2, 0.25) is 0 Å². The van der Waals surface area contributed by atoms with Crippen LogP contribution in [-0.2, 0) is 0 Å². The highest BCUT2D eigenvalue weighted by Gasteiger charge is 2.32. The van der Waals surface area contributed by atoms with Gasteiger partial charge in [0.25, 0.3) is 0 Å². The molecule has 1 nitrogen and oxygen atoms in total. The van der Waals surface area contributed by atoms with Crippen LogP contribution in [0.25, 0.3) is 0 Å². The van der Waals surface area contributed by atoms with Crippen LogP contribution in [0.3, 0.4) is 0 Å². The number of ether oxygens (including phenoxy) is 1. The third kappa shape index (κ3) is 5.95. The number of halogens is 2. The Morgan fingerprint density at radius 1 is 0.793 bits per heavy atom. The van der Waals surface area contributed by atoms with Gasteiger partial charge in [-0.15, -0.1) is 0 Å². The van der Waals surface area contributed by atoms with E-state index in [-0.39, 0.29) is 11.7 Å². The van der Waals surface area contributed by atoms with Crippen LogP contribution in [0.1, 0.15) is 108 Å². The summed E-state index contributed by atoms with van der Waals surface area (Å²) in [5.41, 5.74) is 0.550. The number of benzene rings is 1. The van der Waals surface area contributed by atoms with Gasteiger partial charge in [-0.3, -0.25) is 0 Å². The van der Waals surface area contributed by atoms with Crippen molar-refractivity contribution in [1.29, 1.82) is 0 Å². The molecule has 1 aromatic carbocycles. The lowest BCUT2D eigenvalue weighted by atomic mass is 9.68. The molecule has 0 saturated heterocycles. The molecule has 3 rings (SSSR count). The van der Waals surface area contributed by atoms with Crippen molar-refractivity contribution in [2.24, 2.45) is 17.8 Å². The van der Waals surface area contributed by atoms with Crippen molar-refractivity contribution in [3.63, 3.8) is 0 Å². The molecule has 0 bridgehead atoms. The van der Waals surface area contributed by atoms with Gasteiger partial charge in [0.1, 0.15) is 0 Å². The third-order valence-corrected chi connectivity index (χ3v) is 7.78. The molecule has 2 aliphatic carbocycles. The summed E-state index contributed by atoms with van der Waals surface area (Å²) < 4.78 is 33.4. The molecule has 29 heavy (non-hydrogen) atoms. The summed E-state index contributed by atoms with van der Waals surface area (Å²) in [6, 6.07) is 3.30. The lowest BCUT2D eigenvalue weighted by molar-refractivity contribution is 0.155. The summed E-state index contributed by atoms with van der Waals surface area (Å²) in [5.74, 6) is 1.24. The minimum atomic E-state index is -0.833. The largest absolute Gasteiger partial charge is 0.494 e. The molecule has 1 aromatic rings. The van der Waals surface area contributed by atoms with Crippen molar-refractivity contribution in [3.05, 3.63) is 29.3 Å². The molecular formula is C26H40F2O. The van der Waals surface area contributed by atoms with E-state index in [1.54, 1.807) is 12.1 Å². The van der Waals surface area contributed by atoms with E-state index in [1.807, 2.05) is 0 Å². The van der Waals surface area contributed by atoms with Gasteiger partial charge in [-0.2, -0.15) is 4.39 Å². The van der Waals surface area contributed by atoms with E-state index in [0.29, 0.717) is 5.56 Å². The fourth-order valence-electron chi connectivity index (χ4n) is 5.91. The van der Waals surface area contributed by atoms with E-state index in [0.717, 1.165) is 30.6 Å². The second kappa shape index (κ2) is 11.3. The van der Waals surface area contributed by atoms with Crippen LogP contribution >= 0.6 is 0 Å². The van der Waals surface area contributed by atoms with Gasteiger partial charge < -0.3 is 4.74 Å². The van der Waals surface area contributed by atoms with Gasteiger partial charge in [-0.1, -0.05) is 64.4 Å². The average molecular weight is 407 g/mol. The maximum atomic E-state index is 14.4. The molecule has 2 saturated carbocycles. The van der Waals surface area contributed by atoms with E-state index < -0.39 is 11.6 Å². The molecule has 3 heteroatoms. The molecule has 0 N–H and O–H groups in total. The van der Waals surface area contributed by atoms with Crippen LogP contribution < -0.4 is 4.74 Å². The lowest BCUT2D eigenvalue weighted by Gasteiger charge is -2.38. The highest BCUT2D eigenvalue weighted by Crippen LogP contribution is 2.45. The van der Waals surface area contributed by atoms with Gasteiger partial charge in [0.2, 0.25) is 5.82 Å². The van der Waals surface area contributed by atoms with E-state index in [9.17, 15) is 8.78 Å². The molecule has 0 spiro atoms. The van der Waals surface area contributed by atoms with Gasteiger partial charge in [0.15, 0.2) is 11.6 Å². The molecule has 2 aliphatic rings. The Hall–Kier alpha value is -1.12. The van der Waals surface area contributed by atoms with Crippen LogP contribution in [0.5, 0.6) is 5.75 Å². The first kappa shape index (κ1) is 22.6. The van der Waals surface area contributed by atoms with Crippen molar-refractivity contribution >= 4 is 0 Å². The summed E-state index contributed by atoms with van der Waals surface area (Å²) in [7, 11) is 1.38. The van der Waals surface area contributed by atoms with Crippen molar-refractivity contribution in [3.8, 4) is 5.75 Å². The fraction of sp³-hybridized carbons (Fsp3) is 0.769. The van der Waals surface area contributed by atoms with Crippen LogP contribution in [-0.4, -0.2) is 7.11 Å². The summed E-state index contributed by atoms with van der Waals surface area (Å²) >= 11 is 0. The van der Waals surface area contributed by atoms with Crippen molar-refractivity contribution in [2.45, 2.75) is 103 Å².